The summed E-state index contributed by atoms with van der Waals surface area (Å²) < 4.78 is 41.9. The summed E-state index contributed by atoms with van der Waals surface area (Å²) in [6.07, 6.45) is -2.30. The number of benzene rings is 1. The van der Waals surface area contributed by atoms with Gasteiger partial charge < -0.3 is 24.9 Å². The summed E-state index contributed by atoms with van der Waals surface area (Å²) in [7, 11) is 1.75. The maximum absolute atomic E-state index is 12.8. The summed E-state index contributed by atoms with van der Waals surface area (Å²) in [5.74, 6) is 0.759. The van der Waals surface area contributed by atoms with Crippen LogP contribution in [-0.4, -0.2) is 52.6 Å². The van der Waals surface area contributed by atoms with Crippen LogP contribution in [0, 0.1) is 6.92 Å². The van der Waals surface area contributed by atoms with Crippen LogP contribution in [-0.2, 0) is 11.3 Å². The van der Waals surface area contributed by atoms with E-state index in [0.29, 0.717) is 29.8 Å². The van der Waals surface area contributed by atoms with Crippen molar-refractivity contribution in [2.75, 3.05) is 19.0 Å². The lowest BCUT2D eigenvalue weighted by molar-refractivity contribution is -0.153. The molecule has 1 aromatic heterocycles. The number of aryl methyl sites for hydroxylation is 1. The van der Waals surface area contributed by atoms with Crippen molar-refractivity contribution in [2.45, 2.75) is 52.1 Å². The van der Waals surface area contributed by atoms with E-state index in [2.05, 4.69) is 10.3 Å². The first kappa shape index (κ1) is 26.1. The number of hydrogen-bond acceptors (Lipinski definition) is 6. The SMILES string of the molecule is CC(C)(O)C=O.CNc1nccc2c1CN(C(C)c1ccc(OCC(F)(F)F)c(C)c1)C2=O. The van der Waals surface area contributed by atoms with Gasteiger partial charge in [-0.3, -0.25) is 4.79 Å². The van der Waals surface area contributed by atoms with E-state index in [0.717, 1.165) is 11.1 Å². The van der Waals surface area contributed by atoms with Crippen LogP contribution in [0.3, 0.4) is 0 Å². The number of aldehydes is 1. The quantitative estimate of drug-likeness (QED) is 0.623. The number of carbonyl (C=O) groups is 2. The Labute approximate surface area is 190 Å². The van der Waals surface area contributed by atoms with Gasteiger partial charge in [0.05, 0.1) is 12.6 Å². The van der Waals surface area contributed by atoms with Crippen molar-refractivity contribution in [1.29, 1.82) is 0 Å². The van der Waals surface area contributed by atoms with E-state index >= 15 is 0 Å². The second-order valence-electron chi connectivity index (χ2n) is 8.25. The van der Waals surface area contributed by atoms with Crippen LogP contribution < -0.4 is 10.1 Å². The third-order valence-electron chi connectivity index (χ3n) is 4.94. The standard InChI is InChI=1S/C19H20F3N3O2.C4H8O2/c1-11-8-13(4-5-16(11)27-10-19(20,21)22)12(2)25-9-15-14(18(25)26)6-7-24-17(15)23-3;1-4(2,6)3-5/h4-8,12H,9-10H2,1-3H3,(H,23,24);3,6H,1-2H3. The van der Waals surface area contributed by atoms with Gasteiger partial charge >= 0.3 is 6.18 Å². The summed E-state index contributed by atoms with van der Waals surface area (Å²) in [6, 6.07) is 6.41. The topological polar surface area (TPSA) is 91.8 Å². The molecule has 2 heterocycles. The largest absolute Gasteiger partial charge is 0.484 e. The minimum absolute atomic E-state index is 0.0912. The molecule has 1 amide bonds. The minimum atomic E-state index is -4.38. The molecule has 1 aliphatic heterocycles. The van der Waals surface area contributed by atoms with Crippen molar-refractivity contribution in [3.8, 4) is 5.75 Å². The highest BCUT2D eigenvalue weighted by molar-refractivity contribution is 5.99. The normalized spacial score (nSPS) is 14.2. The number of ether oxygens (including phenoxy) is 1. The lowest BCUT2D eigenvalue weighted by Gasteiger charge is -2.25. The molecule has 0 saturated carbocycles. The molecule has 1 atom stereocenters. The number of aliphatic hydroxyl groups is 1. The van der Waals surface area contributed by atoms with Crippen molar-refractivity contribution < 1.29 is 32.6 Å². The van der Waals surface area contributed by atoms with Crippen LogP contribution in [0.15, 0.2) is 30.5 Å². The molecule has 7 nitrogen and oxygen atoms in total. The molecule has 0 bridgehead atoms. The number of fused-ring (bicyclic) bond motifs is 1. The lowest BCUT2D eigenvalue weighted by atomic mass is 10.0. The number of rotatable bonds is 6. The molecule has 1 unspecified atom stereocenters. The number of alkyl halides is 3. The molecule has 1 aromatic carbocycles. The second kappa shape index (κ2) is 10.2. The first-order valence-electron chi connectivity index (χ1n) is 10.2. The average Bonchev–Trinajstić information content (AvgIpc) is 3.08. The molecule has 3 rings (SSSR count). The molecule has 2 aromatic rings. The molecule has 0 spiro atoms. The van der Waals surface area contributed by atoms with E-state index in [4.69, 9.17) is 9.84 Å². The van der Waals surface area contributed by atoms with Gasteiger partial charge in [-0.1, -0.05) is 12.1 Å². The monoisotopic (exact) mass is 467 g/mol. The highest BCUT2D eigenvalue weighted by atomic mass is 19.4. The molecular weight excluding hydrogens is 439 g/mol. The summed E-state index contributed by atoms with van der Waals surface area (Å²) in [6.45, 7) is 5.53. The Morgan fingerprint density at radius 3 is 2.45 bits per heavy atom. The van der Waals surface area contributed by atoms with Crippen molar-refractivity contribution >= 4 is 18.0 Å². The van der Waals surface area contributed by atoms with Gasteiger partial charge in [-0.15, -0.1) is 0 Å². The molecule has 0 aliphatic carbocycles. The average molecular weight is 467 g/mol. The highest BCUT2D eigenvalue weighted by Gasteiger charge is 2.33. The Balaban J connectivity index is 0.000000569. The fourth-order valence-corrected chi connectivity index (χ4v) is 3.21. The van der Waals surface area contributed by atoms with Gasteiger partial charge in [-0.2, -0.15) is 13.2 Å². The van der Waals surface area contributed by atoms with Crippen LogP contribution in [0.4, 0.5) is 19.0 Å². The molecular formula is C23H28F3N3O4. The number of halogens is 3. The van der Waals surface area contributed by atoms with Crippen LogP contribution in [0.25, 0.3) is 0 Å². The van der Waals surface area contributed by atoms with Gasteiger partial charge in [0, 0.05) is 24.4 Å². The van der Waals surface area contributed by atoms with Gasteiger partial charge in [-0.25, -0.2) is 4.98 Å². The Bertz CT molecular complexity index is 1000. The Kier molecular flexibility index (Phi) is 8.07. The number of amides is 1. The molecule has 0 fully saturated rings. The zero-order valence-electron chi connectivity index (χ0n) is 19.2. The van der Waals surface area contributed by atoms with Crippen molar-refractivity contribution in [3.05, 3.63) is 52.7 Å². The summed E-state index contributed by atoms with van der Waals surface area (Å²) in [5, 5.41) is 11.4. The van der Waals surface area contributed by atoms with Crippen molar-refractivity contribution in [2.24, 2.45) is 0 Å². The van der Waals surface area contributed by atoms with E-state index in [1.165, 1.54) is 19.9 Å². The summed E-state index contributed by atoms with van der Waals surface area (Å²) >= 11 is 0. The molecule has 0 radical (unpaired) electrons. The number of aromatic nitrogens is 1. The minimum Gasteiger partial charge on any atom is -0.484 e. The van der Waals surface area contributed by atoms with E-state index in [1.54, 1.807) is 43.3 Å². The van der Waals surface area contributed by atoms with Gasteiger partial charge in [0.25, 0.3) is 5.91 Å². The fraction of sp³-hybridized carbons (Fsp3) is 0.435. The molecule has 1 aliphatic rings. The third-order valence-corrected chi connectivity index (χ3v) is 4.94. The van der Waals surface area contributed by atoms with Crippen LogP contribution in [0.2, 0.25) is 0 Å². The first-order valence-corrected chi connectivity index (χ1v) is 10.2. The number of hydrogen-bond donors (Lipinski definition) is 2. The van der Waals surface area contributed by atoms with Gasteiger partial charge in [0.15, 0.2) is 12.9 Å². The van der Waals surface area contributed by atoms with Crippen molar-refractivity contribution in [3.63, 3.8) is 0 Å². The molecule has 33 heavy (non-hydrogen) atoms. The fourth-order valence-electron chi connectivity index (χ4n) is 3.21. The number of carbonyl (C=O) groups excluding carboxylic acids is 2. The van der Waals surface area contributed by atoms with E-state index in [9.17, 15) is 22.8 Å². The highest BCUT2D eigenvalue weighted by Crippen LogP contribution is 2.35. The van der Waals surface area contributed by atoms with E-state index in [1.807, 2.05) is 6.92 Å². The Hall–Kier alpha value is -3.14. The number of pyridine rings is 1. The molecule has 180 valence electrons. The second-order valence-corrected chi connectivity index (χ2v) is 8.25. The smallest absolute Gasteiger partial charge is 0.422 e. The van der Waals surface area contributed by atoms with Crippen LogP contribution in [0.5, 0.6) is 5.75 Å². The van der Waals surface area contributed by atoms with E-state index < -0.39 is 18.4 Å². The first-order chi connectivity index (χ1) is 15.3. The zero-order valence-corrected chi connectivity index (χ0v) is 19.2. The molecule has 10 heteroatoms. The Morgan fingerprint density at radius 2 is 1.94 bits per heavy atom. The maximum atomic E-state index is 12.8. The predicted molar refractivity (Wildman–Crippen MR) is 117 cm³/mol. The number of anilines is 1. The maximum Gasteiger partial charge on any atom is 0.422 e. The van der Waals surface area contributed by atoms with Gasteiger partial charge in [0.1, 0.15) is 17.2 Å². The Morgan fingerprint density at radius 1 is 1.30 bits per heavy atom. The summed E-state index contributed by atoms with van der Waals surface area (Å²) in [5.41, 5.74) is 1.74. The number of nitrogens with zero attached hydrogens (tertiary/aromatic N) is 2. The molecule has 2 N–H and O–H groups in total. The molecule has 0 saturated heterocycles. The van der Waals surface area contributed by atoms with E-state index in [-0.39, 0.29) is 17.7 Å². The predicted octanol–water partition coefficient (Wildman–Crippen LogP) is 4.05. The van der Waals surface area contributed by atoms with Crippen molar-refractivity contribution in [1.82, 2.24) is 9.88 Å². The van der Waals surface area contributed by atoms with Gasteiger partial charge in [0.2, 0.25) is 0 Å². The van der Waals surface area contributed by atoms with Gasteiger partial charge in [-0.05, 0) is 51.0 Å². The van der Waals surface area contributed by atoms with Crippen LogP contribution >= 0.6 is 0 Å². The third kappa shape index (κ3) is 6.92. The number of nitrogens with one attached hydrogen (secondary N) is 1. The lowest BCUT2D eigenvalue weighted by Crippen LogP contribution is -2.27. The zero-order chi connectivity index (χ0) is 25.0. The summed E-state index contributed by atoms with van der Waals surface area (Å²) in [4.78, 5) is 28.3. The van der Waals surface area contributed by atoms with Crippen LogP contribution in [0.1, 0.15) is 53.9 Å².